The molecule has 166 valence electrons. The van der Waals surface area contributed by atoms with Crippen LogP contribution in [-0.4, -0.2) is 42.6 Å². The zero-order valence-corrected chi connectivity index (χ0v) is 18.2. The van der Waals surface area contributed by atoms with E-state index in [1.165, 1.54) is 25.4 Å². The van der Waals surface area contributed by atoms with Crippen LogP contribution in [0.4, 0.5) is 14.9 Å². The molecule has 0 radical (unpaired) electrons. The molecule has 0 saturated heterocycles. The summed E-state index contributed by atoms with van der Waals surface area (Å²) in [5.74, 6) is -0.0950. The van der Waals surface area contributed by atoms with Crippen molar-refractivity contribution in [2.75, 3.05) is 25.7 Å². The highest BCUT2D eigenvalue weighted by molar-refractivity contribution is 5.96. The van der Waals surface area contributed by atoms with Crippen molar-refractivity contribution in [1.82, 2.24) is 9.97 Å². The summed E-state index contributed by atoms with van der Waals surface area (Å²) in [6, 6.07) is 11.4. The van der Waals surface area contributed by atoms with Gasteiger partial charge in [0.1, 0.15) is 5.82 Å². The second-order valence-electron chi connectivity index (χ2n) is 6.99. The Morgan fingerprint density at radius 3 is 2.47 bits per heavy atom. The lowest BCUT2D eigenvalue weighted by molar-refractivity contribution is 0.0982. The SMILES string of the molecule is CCOC(=O)N(C)c1ccc(-c2ccc(C(=O)CCc3ccc(OC)nc3)cn2)cc1F. The number of anilines is 1. The molecule has 0 aliphatic heterocycles. The van der Waals surface area contributed by atoms with E-state index in [9.17, 15) is 14.0 Å². The van der Waals surface area contributed by atoms with Gasteiger partial charge in [0.15, 0.2) is 5.78 Å². The molecule has 0 atom stereocenters. The number of carbonyl (C=O) groups excluding carboxylic acids is 2. The van der Waals surface area contributed by atoms with Crippen LogP contribution in [0, 0.1) is 5.82 Å². The molecule has 32 heavy (non-hydrogen) atoms. The summed E-state index contributed by atoms with van der Waals surface area (Å²) in [5, 5.41) is 0. The zero-order chi connectivity index (χ0) is 23.1. The molecule has 1 aromatic carbocycles. The Balaban J connectivity index is 1.66. The van der Waals surface area contributed by atoms with Gasteiger partial charge in [-0.25, -0.2) is 14.2 Å². The van der Waals surface area contributed by atoms with E-state index in [1.807, 2.05) is 6.07 Å². The predicted octanol–water partition coefficient (Wildman–Crippen LogP) is 4.70. The Hall–Kier alpha value is -3.81. The molecule has 0 aliphatic carbocycles. The van der Waals surface area contributed by atoms with Gasteiger partial charge in [0.25, 0.3) is 0 Å². The van der Waals surface area contributed by atoms with Crippen LogP contribution in [0.2, 0.25) is 0 Å². The van der Waals surface area contributed by atoms with Gasteiger partial charge >= 0.3 is 6.09 Å². The second-order valence-corrected chi connectivity index (χ2v) is 6.99. The first-order valence-electron chi connectivity index (χ1n) is 10.1. The molecule has 2 aromatic heterocycles. The van der Waals surface area contributed by atoms with E-state index in [1.54, 1.807) is 44.5 Å². The van der Waals surface area contributed by atoms with Crippen molar-refractivity contribution in [3.8, 4) is 17.1 Å². The molecule has 8 heteroatoms. The highest BCUT2D eigenvalue weighted by Crippen LogP contribution is 2.25. The van der Waals surface area contributed by atoms with Crippen LogP contribution < -0.4 is 9.64 Å². The summed E-state index contributed by atoms with van der Waals surface area (Å²) in [7, 11) is 2.99. The largest absolute Gasteiger partial charge is 0.481 e. The van der Waals surface area contributed by atoms with Gasteiger partial charge in [0.2, 0.25) is 5.88 Å². The van der Waals surface area contributed by atoms with Crippen LogP contribution >= 0.6 is 0 Å². The average Bonchev–Trinajstić information content (AvgIpc) is 2.82. The monoisotopic (exact) mass is 437 g/mol. The van der Waals surface area contributed by atoms with E-state index in [0.717, 1.165) is 10.5 Å². The number of Topliss-reactive ketones (excluding diaryl/α,β-unsaturated/α-hetero) is 1. The molecule has 0 aliphatic rings. The summed E-state index contributed by atoms with van der Waals surface area (Å²) >= 11 is 0. The summed E-state index contributed by atoms with van der Waals surface area (Å²) in [5.41, 5.74) is 2.57. The zero-order valence-electron chi connectivity index (χ0n) is 18.2. The number of methoxy groups -OCH3 is 1. The molecule has 0 bridgehead atoms. The van der Waals surface area contributed by atoms with E-state index < -0.39 is 11.9 Å². The number of aromatic nitrogens is 2. The molecule has 0 N–H and O–H groups in total. The minimum atomic E-state index is -0.634. The van der Waals surface area contributed by atoms with E-state index >= 15 is 0 Å². The Labute approximate surface area is 185 Å². The van der Waals surface area contributed by atoms with Gasteiger partial charge in [-0.1, -0.05) is 12.1 Å². The van der Waals surface area contributed by atoms with Crippen LogP contribution in [0.3, 0.4) is 0 Å². The van der Waals surface area contributed by atoms with Gasteiger partial charge in [-0.15, -0.1) is 0 Å². The molecule has 2 heterocycles. The quantitative estimate of drug-likeness (QED) is 0.475. The molecule has 0 fully saturated rings. The number of amides is 1. The van der Waals surface area contributed by atoms with Crippen molar-refractivity contribution in [3.05, 3.63) is 71.8 Å². The fourth-order valence-corrected chi connectivity index (χ4v) is 3.07. The smallest absolute Gasteiger partial charge is 0.414 e. The number of carbonyl (C=O) groups is 2. The Morgan fingerprint density at radius 2 is 1.88 bits per heavy atom. The van der Waals surface area contributed by atoms with E-state index in [2.05, 4.69) is 9.97 Å². The van der Waals surface area contributed by atoms with Crippen LogP contribution in [-0.2, 0) is 11.2 Å². The highest BCUT2D eigenvalue weighted by Gasteiger charge is 2.17. The van der Waals surface area contributed by atoms with Crippen LogP contribution in [0.25, 0.3) is 11.3 Å². The number of pyridine rings is 2. The number of halogens is 1. The first-order valence-corrected chi connectivity index (χ1v) is 10.1. The fourth-order valence-electron chi connectivity index (χ4n) is 3.07. The minimum absolute atomic E-state index is 0.0440. The van der Waals surface area contributed by atoms with Gasteiger partial charge in [-0.2, -0.15) is 0 Å². The lowest BCUT2D eigenvalue weighted by atomic mass is 10.0. The van der Waals surface area contributed by atoms with Crippen LogP contribution in [0.1, 0.15) is 29.3 Å². The number of nitrogens with zero attached hydrogens (tertiary/aromatic N) is 3. The third-order valence-electron chi connectivity index (χ3n) is 4.88. The molecule has 7 nitrogen and oxygen atoms in total. The second kappa shape index (κ2) is 10.5. The van der Waals surface area contributed by atoms with Crippen molar-refractivity contribution in [2.24, 2.45) is 0 Å². The predicted molar refractivity (Wildman–Crippen MR) is 118 cm³/mol. The molecule has 1 amide bonds. The standard InChI is InChI=1S/C24H24FN3O4/c1-4-32-24(30)28(2)21-10-8-17(13-19(21)25)20-9-7-18(15-26-20)22(29)11-5-16-6-12-23(31-3)27-14-16/h6-10,12-15H,4-5,11H2,1-3H3. The van der Waals surface area contributed by atoms with Gasteiger partial charge in [0.05, 0.1) is 25.1 Å². The number of rotatable bonds is 8. The molecular weight excluding hydrogens is 413 g/mol. The van der Waals surface area contributed by atoms with Crippen molar-refractivity contribution in [2.45, 2.75) is 19.8 Å². The lowest BCUT2D eigenvalue weighted by Gasteiger charge is -2.17. The number of benzene rings is 1. The maximum absolute atomic E-state index is 14.6. The molecule has 0 spiro atoms. The van der Waals surface area contributed by atoms with Crippen LogP contribution in [0.15, 0.2) is 54.9 Å². The number of ketones is 1. The topological polar surface area (TPSA) is 81.6 Å². The third kappa shape index (κ3) is 5.46. The van der Waals surface area contributed by atoms with Crippen molar-refractivity contribution >= 4 is 17.6 Å². The molecule has 3 rings (SSSR count). The van der Waals surface area contributed by atoms with E-state index in [0.29, 0.717) is 35.5 Å². The summed E-state index contributed by atoms with van der Waals surface area (Å²) in [4.78, 5) is 33.8. The Morgan fingerprint density at radius 1 is 1.06 bits per heavy atom. The molecular formula is C24H24FN3O4. The summed E-state index contributed by atoms with van der Waals surface area (Å²) < 4.78 is 24.5. The van der Waals surface area contributed by atoms with Gasteiger partial charge in [-0.05, 0) is 43.2 Å². The lowest BCUT2D eigenvalue weighted by Crippen LogP contribution is -2.27. The number of aryl methyl sites for hydroxylation is 1. The Bertz CT molecular complexity index is 1090. The number of hydrogen-bond donors (Lipinski definition) is 0. The summed E-state index contributed by atoms with van der Waals surface area (Å²) in [6.45, 7) is 1.89. The molecule has 0 unspecified atom stereocenters. The van der Waals surface area contributed by atoms with Gasteiger partial charge in [0, 0.05) is 43.1 Å². The Kier molecular flexibility index (Phi) is 7.49. The van der Waals surface area contributed by atoms with Crippen molar-refractivity contribution < 1.29 is 23.5 Å². The molecule has 3 aromatic rings. The van der Waals surface area contributed by atoms with Crippen molar-refractivity contribution in [3.63, 3.8) is 0 Å². The fraction of sp³-hybridized carbons (Fsp3) is 0.250. The summed E-state index contributed by atoms with van der Waals surface area (Å²) in [6.07, 6.45) is 3.41. The van der Waals surface area contributed by atoms with Gasteiger partial charge < -0.3 is 9.47 Å². The maximum atomic E-state index is 14.6. The van der Waals surface area contributed by atoms with Crippen molar-refractivity contribution in [1.29, 1.82) is 0 Å². The van der Waals surface area contributed by atoms with Crippen LogP contribution in [0.5, 0.6) is 5.88 Å². The highest BCUT2D eigenvalue weighted by atomic mass is 19.1. The normalized spacial score (nSPS) is 10.5. The average molecular weight is 437 g/mol. The maximum Gasteiger partial charge on any atom is 0.414 e. The first-order chi connectivity index (χ1) is 15.4. The first kappa shape index (κ1) is 22.9. The third-order valence-corrected chi connectivity index (χ3v) is 4.88. The van der Waals surface area contributed by atoms with Gasteiger partial charge in [-0.3, -0.25) is 14.7 Å². The number of ether oxygens (including phenoxy) is 2. The van der Waals surface area contributed by atoms with E-state index in [4.69, 9.17) is 9.47 Å². The number of hydrogen-bond acceptors (Lipinski definition) is 6. The van der Waals surface area contributed by atoms with E-state index in [-0.39, 0.29) is 18.1 Å². The minimum Gasteiger partial charge on any atom is -0.481 e. The molecule has 0 saturated carbocycles.